The van der Waals surface area contributed by atoms with Crippen molar-refractivity contribution in [3.8, 4) is 17.1 Å². The summed E-state index contributed by atoms with van der Waals surface area (Å²) < 4.78 is 11.9. The minimum atomic E-state index is -0.291. The molecule has 5 heteroatoms. The fourth-order valence-corrected chi connectivity index (χ4v) is 3.38. The largest absolute Gasteiger partial charge is 0.505 e. The maximum Gasteiger partial charge on any atom is 0.183 e. The monoisotopic (exact) mass is 370 g/mol. The molecule has 1 fully saturated rings. The van der Waals surface area contributed by atoms with Crippen LogP contribution in [0.5, 0.6) is 5.75 Å². The molecule has 3 rings (SSSR count). The Morgan fingerprint density at radius 3 is 2.22 bits per heavy atom. The van der Waals surface area contributed by atoms with Crippen LogP contribution in [0.3, 0.4) is 0 Å². The van der Waals surface area contributed by atoms with E-state index in [1.165, 1.54) is 57.3 Å². The van der Waals surface area contributed by atoms with E-state index < -0.39 is 0 Å². The van der Waals surface area contributed by atoms with Crippen molar-refractivity contribution >= 4 is 0 Å². The Morgan fingerprint density at radius 1 is 0.926 bits per heavy atom. The van der Waals surface area contributed by atoms with Crippen molar-refractivity contribution in [3.63, 3.8) is 0 Å². The smallest absolute Gasteiger partial charge is 0.183 e. The van der Waals surface area contributed by atoms with Crippen LogP contribution in [0, 0.1) is 5.92 Å². The summed E-state index contributed by atoms with van der Waals surface area (Å²) in [6.07, 6.45) is 11.7. The van der Waals surface area contributed by atoms with Gasteiger partial charge in [0, 0.05) is 17.0 Å². The lowest BCUT2D eigenvalue weighted by Crippen LogP contribution is -2.27. The molecule has 0 aliphatic carbocycles. The molecule has 0 amide bonds. The predicted octanol–water partition coefficient (Wildman–Crippen LogP) is 5.26. The molecule has 1 aliphatic rings. The second kappa shape index (κ2) is 10.4. The van der Waals surface area contributed by atoms with Crippen LogP contribution in [0.4, 0.5) is 0 Å². The standard InChI is InChI=1S/C22H30N2O3/c1-2-3-4-5-6-7-8-17-15-26-22(27-16-17)19-11-9-18(10-12-19)21-23-13-20(25)14-24-21/h9-14,17,22,25H,2-8,15-16H2,1H3/t17-,22-. The van der Waals surface area contributed by atoms with E-state index in [1.54, 1.807) is 0 Å². The first kappa shape index (κ1) is 19.8. The Morgan fingerprint density at radius 2 is 1.56 bits per heavy atom. The Balaban J connectivity index is 1.42. The van der Waals surface area contributed by atoms with Crippen LogP contribution in [0.15, 0.2) is 36.7 Å². The number of unbranched alkanes of at least 4 members (excludes halogenated alkanes) is 5. The van der Waals surface area contributed by atoms with Crippen LogP contribution >= 0.6 is 0 Å². The molecular formula is C22H30N2O3. The molecule has 0 radical (unpaired) electrons. The van der Waals surface area contributed by atoms with Gasteiger partial charge in [-0.05, 0) is 6.42 Å². The minimum Gasteiger partial charge on any atom is -0.505 e. The van der Waals surface area contributed by atoms with Crippen LogP contribution in [-0.4, -0.2) is 28.3 Å². The van der Waals surface area contributed by atoms with E-state index in [4.69, 9.17) is 9.47 Å². The van der Waals surface area contributed by atoms with Crippen molar-refractivity contribution in [2.24, 2.45) is 5.92 Å². The van der Waals surface area contributed by atoms with Gasteiger partial charge in [-0.25, -0.2) is 9.97 Å². The predicted molar refractivity (Wildman–Crippen MR) is 105 cm³/mol. The summed E-state index contributed by atoms with van der Waals surface area (Å²) >= 11 is 0. The summed E-state index contributed by atoms with van der Waals surface area (Å²) in [4.78, 5) is 8.26. The van der Waals surface area contributed by atoms with Gasteiger partial charge in [0.15, 0.2) is 17.9 Å². The van der Waals surface area contributed by atoms with E-state index in [2.05, 4.69) is 16.9 Å². The Bertz CT molecular complexity index is 665. The molecule has 2 heterocycles. The molecule has 1 aromatic heterocycles. The SMILES string of the molecule is CCCCCCCC[C@H]1CO[C@H](c2ccc(-c3ncc(O)cn3)cc2)OC1. The minimum absolute atomic E-state index is 0.0647. The number of aromatic nitrogens is 2. The van der Waals surface area contributed by atoms with E-state index >= 15 is 0 Å². The molecule has 1 N–H and O–H groups in total. The van der Waals surface area contributed by atoms with E-state index in [9.17, 15) is 5.11 Å². The van der Waals surface area contributed by atoms with Gasteiger partial charge >= 0.3 is 0 Å². The van der Waals surface area contributed by atoms with Gasteiger partial charge in [-0.2, -0.15) is 0 Å². The van der Waals surface area contributed by atoms with Crippen molar-refractivity contribution in [1.82, 2.24) is 9.97 Å². The first-order valence-corrected chi connectivity index (χ1v) is 10.1. The lowest BCUT2D eigenvalue weighted by Gasteiger charge is -2.29. The molecule has 146 valence electrons. The third-order valence-electron chi connectivity index (χ3n) is 5.01. The third kappa shape index (κ3) is 6.01. The van der Waals surface area contributed by atoms with Gasteiger partial charge in [0.25, 0.3) is 0 Å². The topological polar surface area (TPSA) is 64.5 Å². The first-order valence-electron chi connectivity index (χ1n) is 10.1. The van der Waals surface area contributed by atoms with Crippen molar-refractivity contribution in [2.75, 3.05) is 13.2 Å². The lowest BCUT2D eigenvalue weighted by atomic mass is 10.0. The van der Waals surface area contributed by atoms with E-state index in [0.717, 1.165) is 24.3 Å². The molecule has 1 saturated heterocycles. The van der Waals surface area contributed by atoms with Gasteiger partial charge in [0.05, 0.1) is 25.6 Å². The van der Waals surface area contributed by atoms with Crippen LogP contribution < -0.4 is 0 Å². The van der Waals surface area contributed by atoms with Gasteiger partial charge in [-0.1, -0.05) is 69.7 Å². The second-order valence-electron chi connectivity index (χ2n) is 7.31. The van der Waals surface area contributed by atoms with E-state index in [-0.39, 0.29) is 12.0 Å². The number of benzene rings is 1. The van der Waals surface area contributed by atoms with Gasteiger partial charge in [0.1, 0.15) is 0 Å². The zero-order chi connectivity index (χ0) is 18.9. The number of nitrogens with zero attached hydrogens (tertiary/aromatic N) is 2. The Hall–Kier alpha value is -1.98. The molecular weight excluding hydrogens is 340 g/mol. The summed E-state index contributed by atoms with van der Waals surface area (Å²) in [5.41, 5.74) is 1.91. The molecule has 5 nitrogen and oxygen atoms in total. The number of hydrogen-bond acceptors (Lipinski definition) is 5. The Labute approximate surface area is 161 Å². The summed E-state index contributed by atoms with van der Waals surface area (Å²) in [7, 11) is 0. The second-order valence-corrected chi connectivity index (χ2v) is 7.31. The van der Waals surface area contributed by atoms with Gasteiger partial charge < -0.3 is 14.6 Å². The van der Waals surface area contributed by atoms with Crippen LogP contribution in [0.25, 0.3) is 11.4 Å². The summed E-state index contributed by atoms with van der Waals surface area (Å²) in [6.45, 7) is 3.78. The van der Waals surface area contributed by atoms with E-state index in [1.807, 2.05) is 24.3 Å². The molecule has 1 aliphatic heterocycles. The molecule has 0 atom stereocenters. The quantitative estimate of drug-likeness (QED) is 0.610. The molecule has 0 unspecified atom stereocenters. The van der Waals surface area contributed by atoms with Crippen molar-refractivity contribution in [2.45, 2.75) is 58.2 Å². The van der Waals surface area contributed by atoms with Gasteiger partial charge in [-0.3, -0.25) is 0 Å². The van der Waals surface area contributed by atoms with Crippen LogP contribution in [0.2, 0.25) is 0 Å². The summed E-state index contributed by atoms with van der Waals surface area (Å²) in [6, 6.07) is 7.89. The number of aromatic hydroxyl groups is 1. The highest BCUT2D eigenvalue weighted by molar-refractivity contribution is 5.55. The Kier molecular flexibility index (Phi) is 7.60. The lowest BCUT2D eigenvalue weighted by molar-refractivity contribution is -0.206. The summed E-state index contributed by atoms with van der Waals surface area (Å²) in [5.74, 6) is 1.16. The highest BCUT2D eigenvalue weighted by Gasteiger charge is 2.23. The molecule has 2 aromatic rings. The maximum atomic E-state index is 9.28. The zero-order valence-corrected chi connectivity index (χ0v) is 16.1. The molecule has 0 spiro atoms. The number of hydrogen-bond donors (Lipinski definition) is 1. The number of rotatable bonds is 9. The highest BCUT2D eigenvalue weighted by Crippen LogP contribution is 2.28. The fourth-order valence-electron chi connectivity index (χ4n) is 3.38. The molecule has 0 bridgehead atoms. The van der Waals surface area contributed by atoms with Gasteiger partial charge in [0.2, 0.25) is 0 Å². The zero-order valence-electron chi connectivity index (χ0n) is 16.1. The van der Waals surface area contributed by atoms with Crippen LogP contribution in [0.1, 0.15) is 63.7 Å². The van der Waals surface area contributed by atoms with Crippen molar-refractivity contribution in [1.29, 1.82) is 0 Å². The average molecular weight is 370 g/mol. The third-order valence-corrected chi connectivity index (χ3v) is 5.01. The number of ether oxygens (including phenoxy) is 2. The molecule has 1 aromatic carbocycles. The maximum absolute atomic E-state index is 9.28. The molecule has 27 heavy (non-hydrogen) atoms. The highest BCUT2D eigenvalue weighted by atomic mass is 16.7. The van der Waals surface area contributed by atoms with Gasteiger partial charge in [-0.15, -0.1) is 0 Å². The fraction of sp³-hybridized carbons (Fsp3) is 0.545. The molecule has 0 saturated carbocycles. The van der Waals surface area contributed by atoms with Crippen molar-refractivity contribution < 1.29 is 14.6 Å². The van der Waals surface area contributed by atoms with Crippen molar-refractivity contribution in [3.05, 3.63) is 42.2 Å². The van der Waals surface area contributed by atoms with E-state index in [0.29, 0.717) is 11.7 Å². The van der Waals surface area contributed by atoms with Crippen LogP contribution in [-0.2, 0) is 9.47 Å². The normalized spacial score (nSPS) is 19.9. The first-order chi connectivity index (χ1) is 13.3. The average Bonchev–Trinajstić information content (AvgIpc) is 2.72. The summed E-state index contributed by atoms with van der Waals surface area (Å²) in [5, 5.41) is 9.28.